The first-order valence-electron chi connectivity index (χ1n) is 12.6. The van der Waals surface area contributed by atoms with Gasteiger partial charge in [0.2, 0.25) is 5.88 Å². The first-order chi connectivity index (χ1) is 18.2. The third-order valence-electron chi connectivity index (χ3n) is 6.38. The number of carbonyl (C=O) groups excluding carboxylic acids is 1. The zero-order chi connectivity index (χ0) is 27.2. The van der Waals surface area contributed by atoms with Gasteiger partial charge in [-0.1, -0.05) is 42.5 Å². The Hall–Kier alpha value is -4.11. The number of aliphatic imine (C=N–C) groups is 1. The molecule has 0 amide bonds. The average Bonchev–Trinajstić information content (AvgIpc) is 2.88. The van der Waals surface area contributed by atoms with Crippen LogP contribution in [0.25, 0.3) is 0 Å². The van der Waals surface area contributed by atoms with Crippen molar-refractivity contribution in [3.8, 4) is 5.88 Å². The molecule has 0 fully saturated rings. The summed E-state index contributed by atoms with van der Waals surface area (Å²) in [5, 5.41) is 11.6. The summed E-state index contributed by atoms with van der Waals surface area (Å²) < 4.78 is 11.8. The first kappa shape index (κ1) is 26.9. The molecule has 2 atom stereocenters. The van der Waals surface area contributed by atoms with Crippen molar-refractivity contribution in [1.29, 1.82) is 0 Å². The second-order valence-electron chi connectivity index (χ2n) is 9.67. The summed E-state index contributed by atoms with van der Waals surface area (Å²) in [7, 11) is 1.97. The molecule has 9 heteroatoms. The van der Waals surface area contributed by atoms with Gasteiger partial charge >= 0.3 is 5.97 Å². The highest BCUT2D eigenvalue weighted by Gasteiger charge is 2.41. The van der Waals surface area contributed by atoms with E-state index < -0.39 is 22.7 Å². The summed E-state index contributed by atoms with van der Waals surface area (Å²) in [6, 6.07) is 18.1. The monoisotopic (exact) mass is 516 g/mol. The second kappa shape index (κ2) is 12.0. The lowest BCUT2D eigenvalue weighted by molar-refractivity contribution is -0.384. The van der Waals surface area contributed by atoms with E-state index in [1.165, 1.54) is 17.7 Å². The zero-order valence-electron chi connectivity index (χ0n) is 22.0. The molecule has 1 aliphatic rings. The molecular weight excluding hydrogens is 484 g/mol. The molecule has 1 aromatic heterocycles. The maximum atomic E-state index is 13.6. The van der Waals surface area contributed by atoms with Gasteiger partial charge in [-0.05, 0) is 45.0 Å². The van der Waals surface area contributed by atoms with E-state index >= 15 is 0 Å². The normalized spacial score (nSPS) is 16.6. The Labute approximate surface area is 222 Å². The van der Waals surface area contributed by atoms with Crippen molar-refractivity contribution >= 4 is 23.1 Å². The fourth-order valence-corrected chi connectivity index (χ4v) is 4.68. The maximum Gasteiger partial charge on any atom is 0.315 e. The summed E-state index contributed by atoms with van der Waals surface area (Å²) in [6.07, 6.45) is 1.44. The molecule has 0 spiro atoms. The molecule has 3 aromatic rings. The van der Waals surface area contributed by atoms with Gasteiger partial charge in [-0.2, -0.15) is 0 Å². The van der Waals surface area contributed by atoms with E-state index in [9.17, 15) is 14.9 Å². The van der Waals surface area contributed by atoms with Crippen LogP contribution in [0.5, 0.6) is 5.88 Å². The highest BCUT2D eigenvalue weighted by Crippen LogP contribution is 2.47. The predicted octanol–water partition coefficient (Wildman–Crippen LogP) is 5.31. The number of likely N-dealkylation sites (N-methyl/N-ethyl adjacent to an activating group) is 1. The second-order valence-corrected chi connectivity index (χ2v) is 9.67. The molecule has 2 aromatic carbocycles. The first-order valence-corrected chi connectivity index (χ1v) is 12.6. The van der Waals surface area contributed by atoms with E-state index in [1.807, 2.05) is 39.1 Å². The third-order valence-corrected chi connectivity index (χ3v) is 6.38. The number of carbonyl (C=O) groups is 1. The molecule has 9 nitrogen and oxygen atoms in total. The number of nitrogens with zero attached hydrogens (tertiary/aromatic N) is 4. The molecule has 0 aliphatic carbocycles. The van der Waals surface area contributed by atoms with Gasteiger partial charge in [0.25, 0.3) is 5.69 Å². The molecule has 38 heavy (non-hydrogen) atoms. The number of hydrogen-bond donors (Lipinski definition) is 0. The molecule has 198 valence electrons. The van der Waals surface area contributed by atoms with E-state index in [0.717, 1.165) is 6.54 Å². The van der Waals surface area contributed by atoms with Crippen LogP contribution >= 0.6 is 0 Å². The highest BCUT2D eigenvalue weighted by atomic mass is 16.6. The number of hydrogen-bond acceptors (Lipinski definition) is 8. The average molecular weight is 517 g/mol. The molecule has 0 saturated carbocycles. The van der Waals surface area contributed by atoms with Crippen molar-refractivity contribution < 1.29 is 19.2 Å². The Morgan fingerprint density at radius 2 is 1.89 bits per heavy atom. The number of ether oxygens (including phenoxy) is 2. The van der Waals surface area contributed by atoms with E-state index in [1.54, 1.807) is 31.3 Å². The summed E-state index contributed by atoms with van der Waals surface area (Å²) in [6.45, 7) is 7.03. The van der Waals surface area contributed by atoms with Crippen LogP contribution in [-0.2, 0) is 16.1 Å². The number of pyridine rings is 1. The Kier molecular flexibility index (Phi) is 8.48. The molecule has 0 saturated heterocycles. The van der Waals surface area contributed by atoms with Crippen LogP contribution in [0.1, 0.15) is 43.4 Å². The third kappa shape index (κ3) is 6.23. The Bertz CT molecular complexity index is 1330. The van der Waals surface area contributed by atoms with Crippen LogP contribution < -0.4 is 4.74 Å². The maximum absolute atomic E-state index is 13.6. The van der Waals surface area contributed by atoms with E-state index in [4.69, 9.17) is 14.5 Å². The lowest BCUT2D eigenvalue weighted by Crippen LogP contribution is -2.35. The van der Waals surface area contributed by atoms with Gasteiger partial charge < -0.3 is 9.47 Å². The SMILES string of the molecule is CC1=Nc2ccnc(OC(C)C)c2C(c2cccc([N+](=O)[O-])c2)C1C(=O)OCCN(C)Cc1ccccc1. The lowest BCUT2D eigenvalue weighted by Gasteiger charge is -2.32. The topological polar surface area (TPSA) is 107 Å². The van der Waals surface area contributed by atoms with Gasteiger partial charge in [0, 0.05) is 48.6 Å². The number of rotatable bonds is 10. The summed E-state index contributed by atoms with van der Waals surface area (Å²) in [5.74, 6) is -1.49. The standard InChI is InChI=1S/C29H32N4O5/c1-19(2)38-28-27-24(13-14-30-28)31-20(3)25(26(27)22-11-8-12-23(17-22)33(35)36)29(34)37-16-15-32(4)18-21-9-6-5-7-10-21/h5-14,17,19,25-26H,15-16,18H2,1-4H3. The van der Waals surface area contributed by atoms with Crippen LogP contribution in [0.15, 0.2) is 71.9 Å². The minimum absolute atomic E-state index is 0.0610. The Morgan fingerprint density at radius 1 is 1.13 bits per heavy atom. The number of nitro benzene ring substituents is 1. The van der Waals surface area contributed by atoms with E-state index in [2.05, 4.69) is 22.0 Å². The van der Waals surface area contributed by atoms with Gasteiger partial charge in [-0.15, -0.1) is 0 Å². The molecule has 0 N–H and O–H groups in total. The number of aromatic nitrogens is 1. The summed E-state index contributed by atoms with van der Waals surface area (Å²) in [4.78, 5) is 35.9. The van der Waals surface area contributed by atoms with Gasteiger partial charge in [0.1, 0.15) is 12.5 Å². The van der Waals surface area contributed by atoms with Gasteiger partial charge in [0.05, 0.1) is 16.7 Å². The van der Waals surface area contributed by atoms with Crippen LogP contribution in [0.4, 0.5) is 11.4 Å². The fraction of sp³-hybridized carbons (Fsp3) is 0.345. The molecule has 4 rings (SSSR count). The van der Waals surface area contributed by atoms with Crippen molar-refractivity contribution in [2.45, 2.75) is 39.3 Å². The van der Waals surface area contributed by atoms with E-state index in [-0.39, 0.29) is 18.4 Å². The van der Waals surface area contributed by atoms with Gasteiger partial charge in [0.15, 0.2) is 0 Å². The Morgan fingerprint density at radius 3 is 2.61 bits per heavy atom. The minimum atomic E-state index is -0.789. The molecule has 2 unspecified atom stereocenters. The molecule has 2 heterocycles. The zero-order valence-corrected chi connectivity index (χ0v) is 22.0. The number of fused-ring (bicyclic) bond motifs is 1. The molecule has 0 radical (unpaired) electrons. The number of benzene rings is 2. The van der Waals surface area contributed by atoms with Crippen LogP contribution in [0.2, 0.25) is 0 Å². The van der Waals surface area contributed by atoms with Crippen LogP contribution in [0.3, 0.4) is 0 Å². The fourth-order valence-electron chi connectivity index (χ4n) is 4.68. The minimum Gasteiger partial charge on any atom is -0.475 e. The number of nitro groups is 1. The van der Waals surface area contributed by atoms with Crippen LogP contribution in [-0.4, -0.2) is 52.8 Å². The highest BCUT2D eigenvalue weighted by molar-refractivity contribution is 6.05. The predicted molar refractivity (Wildman–Crippen MR) is 145 cm³/mol. The number of esters is 1. The van der Waals surface area contributed by atoms with Gasteiger partial charge in [-0.25, -0.2) is 4.98 Å². The van der Waals surface area contributed by atoms with E-state index in [0.29, 0.717) is 35.0 Å². The number of non-ortho nitro benzene ring substituents is 1. The van der Waals surface area contributed by atoms with Crippen molar-refractivity contribution in [3.05, 3.63) is 93.7 Å². The van der Waals surface area contributed by atoms with Crippen molar-refractivity contribution in [2.75, 3.05) is 20.2 Å². The lowest BCUT2D eigenvalue weighted by atomic mass is 9.76. The van der Waals surface area contributed by atoms with Crippen molar-refractivity contribution in [2.24, 2.45) is 10.9 Å². The molecule has 0 bridgehead atoms. The summed E-state index contributed by atoms with van der Waals surface area (Å²) >= 11 is 0. The van der Waals surface area contributed by atoms with Crippen molar-refractivity contribution in [3.63, 3.8) is 0 Å². The van der Waals surface area contributed by atoms with Crippen LogP contribution in [0, 0.1) is 16.0 Å². The van der Waals surface area contributed by atoms with Gasteiger partial charge in [-0.3, -0.25) is 24.8 Å². The largest absolute Gasteiger partial charge is 0.475 e. The summed E-state index contributed by atoms with van der Waals surface area (Å²) in [5.41, 5.74) is 3.52. The molecule has 1 aliphatic heterocycles. The molecular formula is C29H32N4O5. The Balaban J connectivity index is 1.63. The quantitative estimate of drug-likeness (QED) is 0.204. The smallest absolute Gasteiger partial charge is 0.315 e. The van der Waals surface area contributed by atoms with Crippen molar-refractivity contribution in [1.82, 2.24) is 9.88 Å².